The number of carbonyl (C=O) groups excluding carboxylic acids is 2. The van der Waals surface area contributed by atoms with Gasteiger partial charge < -0.3 is 15.0 Å². The summed E-state index contributed by atoms with van der Waals surface area (Å²) in [7, 11) is 0. The first kappa shape index (κ1) is 15.0. The van der Waals surface area contributed by atoms with Gasteiger partial charge in [-0.05, 0) is 32.7 Å². The van der Waals surface area contributed by atoms with Gasteiger partial charge in [-0.3, -0.25) is 9.59 Å². The summed E-state index contributed by atoms with van der Waals surface area (Å²) < 4.78 is 4.86. The van der Waals surface area contributed by atoms with Crippen molar-refractivity contribution in [2.75, 3.05) is 26.2 Å². The van der Waals surface area contributed by atoms with E-state index < -0.39 is 0 Å². The molecule has 18 heavy (non-hydrogen) atoms. The fourth-order valence-corrected chi connectivity index (χ4v) is 2.25. The second kappa shape index (κ2) is 8.08. The van der Waals surface area contributed by atoms with Crippen molar-refractivity contribution in [2.45, 2.75) is 45.6 Å². The molecule has 1 atom stereocenters. The van der Waals surface area contributed by atoms with Crippen LogP contribution in [0, 0.1) is 0 Å². The van der Waals surface area contributed by atoms with Gasteiger partial charge in [-0.25, -0.2) is 0 Å². The number of likely N-dealkylation sites (N-methyl/N-ethyl adjacent to an activating group) is 1. The molecule has 0 spiro atoms. The van der Waals surface area contributed by atoms with Crippen LogP contribution in [0.25, 0.3) is 0 Å². The Labute approximate surface area is 109 Å². The van der Waals surface area contributed by atoms with Gasteiger partial charge in [0.15, 0.2) is 0 Å². The third-order valence-electron chi connectivity index (χ3n) is 3.10. The van der Waals surface area contributed by atoms with E-state index in [9.17, 15) is 9.59 Å². The summed E-state index contributed by atoms with van der Waals surface area (Å²) >= 11 is 0. The number of ether oxygens (including phenoxy) is 1. The normalized spacial score (nSPS) is 20.0. The predicted octanol–water partition coefficient (Wildman–Crippen LogP) is 0.930. The van der Waals surface area contributed by atoms with Crippen LogP contribution in [0.2, 0.25) is 0 Å². The molecule has 1 rings (SSSR count). The van der Waals surface area contributed by atoms with E-state index >= 15 is 0 Å². The molecule has 5 heteroatoms. The third-order valence-corrected chi connectivity index (χ3v) is 3.10. The summed E-state index contributed by atoms with van der Waals surface area (Å²) in [6.07, 6.45) is 3.02. The molecule has 5 nitrogen and oxygen atoms in total. The van der Waals surface area contributed by atoms with Crippen LogP contribution >= 0.6 is 0 Å². The molecule has 1 aliphatic heterocycles. The molecule has 1 aliphatic rings. The van der Waals surface area contributed by atoms with Crippen LogP contribution in [0.5, 0.6) is 0 Å². The summed E-state index contributed by atoms with van der Waals surface area (Å²) in [5, 5.41) is 3.20. The van der Waals surface area contributed by atoms with Gasteiger partial charge in [-0.1, -0.05) is 6.92 Å². The number of nitrogens with zero attached hydrogens (tertiary/aromatic N) is 1. The van der Waals surface area contributed by atoms with Crippen LogP contribution in [-0.2, 0) is 14.3 Å². The monoisotopic (exact) mass is 256 g/mol. The molecule has 0 bridgehead atoms. The number of esters is 1. The number of likely N-dealkylation sites (tertiary alicyclic amines) is 1. The third kappa shape index (κ3) is 4.64. The fourth-order valence-electron chi connectivity index (χ4n) is 2.25. The van der Waals surface area contributed by atoms with Crippen LogP contribution in [0.4, 0.5) is 0 Å². The Morgan fingerprint density at radius 3 is 2.94 bits per heavy atom. The molecule has 0 aromatic heterocycles. The number of hydrogen-bond acceptors (Lipinski definition) is 4. The minimum Gasteiger partial charge on any atom is -0.466 e. The molecule has 0 aromatic rings. The molecule has 0 radical (unpaired) electrons. The summed E-state index contributed by atoms with van der Waals surface area (Å²) in [4.78, 5) is 25.1. The van der Waals surface area contributed by atoms with Crippen molar-refractivity contribution in [1.82, 2.24) is 10.2 Å². The van der Waals surface area contributed by atoms with E-state index in [-0.39, 0.29) is 17.9 Å². The van der Waals surface area contributed by atoms with E-state index in [4.69, 9.17) is 4.74 Å². The van der Waals surface area contributed by atoms with Gasteiger partial charge in [0.2, 0.25) is 5.91 Å². The molecule has 1 N–H and O–H groups in total. The van der Waals surface area contributed by atoms with Crippen molar-refractivity contribution >= 4 is 11.9 Å². The Morgan fingerprint density at radius 1 is 1.50 bits per heavy atom. The molecular weight excluding hydrogens is 232 g/mol. The van der Waals surface area contributed by atoms with Crippen LogP contribution in [0.3, 0.4) is 0 Å². The van der Waals surface area contributed by atoms with Crippen molar-refractivity contribution in [1.29, 1.82) is 0 Å². The average Bonchev–Trinajstić information content (AvgIpc) is 2.34. The Balaban J connectivity index is 2.28. The lowest BCUT2D eigenvalue weighted by Crippen LogP contribution is -2.50. The van der Waals surface area contributed by atoms with Crippen LogP contribution < -0.4 is 5.32 Å². The molecule has 0 aliphatic carbocycles. The molecule has 1 fully saturated rings. The van der Waals surface area contributed by atoms with Gasteiger partial charge in [-0.15, -0.1) is 0 Å². The van der Waals surface area contributed by atoms with Gasteiger partial charge >= 0.3 is 5.97 Å². The highest BCUT2D eigenvalue weighted by molar-refractivity contribution is 5.82. The van der Waals surface area contributed by atoms with Crippen LogP contribution in [0.1, 0.15) is 39.5 Å². The smallest absolute Gasteiger partial charge is 0.305 e. The highest BCUT2D eigenvalue weighted by Crippen LogP contribution is 2.12. The number of nitrogens with one attached hydrogen (secondary N) is 1. The molecule has 1 saturated heterocycles. The maximum absolute atomic E-state index is 12.1. The first-order valence-corrected chi connectivity index (χ1v) is 6.86. The van der Waals surface area contributed by atoms with Gasteiger partial charge in [0.05, 0.1) is 12.6 Å². The largest absolute Gasteiger partial charge is 0.466 e. The molecule has 1 unspecified atom stereocenters. The van der Waals surface area contributed by atoms with E-state index in [1.807, 2.05) is 11.8 Å². The Bertz CT molecular complexity index is 279. The Hall–Kier alpha value is -1.10. The standard InChI is InChI=1S/C13H24N2O3/c1-3-14-11-7-5-9-15(13(11)17)10-6-8-12(16)18-4-2/h11,14H,3-10H2,1-2H3. The lowest BCUT2D eigenvalue weighted by atomic mass is 10.0. The number of carbonyl (C=O) groups is 2. The molecular formula is C13H24N2O3. The number of piperidine rings is 1. The van der Waals surface area contributed by atoms with Crippen molar-refractivity contribution in [2.24, 2.45) is 0 Å². The predicted molar refractivity (Wildman–Crippen MR) is 69.1 cm³/mol. The van der Waals surface area contributed by atoms with Crippen molar-refractivity contribution in [3.8, 4) is 0 Å². The molecule has 0 aromatic carbocycles. The number of rotatable bonds is 7. The topological polar surface area (TPSA) is 58.6 Å². The van der Waals surface area contributed by atoms with Crippen molar-refractivity contribution in [3.63, 3.8) is 0 Å². The Morgan fingerprint density at radius 2 is 2.28 bits per heavy atom. The second-order valence-electron chi connectivity index (χ2n) is 4.49. The number of amides is 1. The fraction of sp³-hybridized carbons (Fsp3) is 0.846. The first-order valence-electron chi connectivity index (χ1n) is 6.86. The van der Waals surface area contributed by atoms with Crippen LogP contribution in [-0.4, -0.2) is 49.1 Å². The zero-order chi connectivity index (χ0) is 13.4. The van der Waals surface area contributed by atoms with Gasteiger partial charge in [0.25, 0.3) is 0 Å². The lowest BCUT2D eigenvalue weighted by molar-refractivity contribution is -0.144. The maximum atomic E-state index is 12.1. The zero-order valence-corrected chi connectivity index (χ0v) is 11.4. The number of hydrogen-bond donors (Lipinski definition) is 1. The Kier molecular flexibility index (Phi) is 6.72. The lowest BCUT2D eigenvalue weighted by Gasteiger charge is -2.32. The van der Waals surface area contributed by atoms with E-state index in [1.165, 1.54) is 0 Å². The van der Waals surface area contributed by atoms with E-state index in [0.29, 0.717) is 26.0 Å². The molecule has 1 amide bonds. The maximum Gasteiger partial charge on any atom is 0.305 e. The molecule has 0 saturated carbocycles. The average molecular weight is 256 g/mol. The SMILES string of the molecule is CCNC1CCCN(CCCC(=O)OCC)C1=O. The highest BCUT2D eigenvalue weighted by Gasteiger charge is 2.27. The van der Waals surface area contributed by atoms with E-state index in [2.05, 4.69) is 5.32 Å². The molecule has 104 valence electrons. The van der Waals surface area contributed by atoms with Crippen LogP contribution in [0.15, 0.2) is 0 Å². The summed E-state index contributed by atoms with van der Waals surface area (Å²) in [6.45, 7) is 6.50. The second-order valence-corrected chi connectivity index (χ2v) is 4.49. The van der Waals surface area contributed by atoms with Crippen molar-refractivity contribution < 1.29 is 14.3 Å². The van der Waals surface area contributed by atoms with E-state index in [1.54, 1.807) is 6.92 Å². The van der Waals surface area contributed by atoms with Crippen molar-refractivity contribution in [3.05, 3.63) is 0 Å². The summed E-state index contributed by atoms with van der Waals surface area (Å²) in [5.41, 5.74) is 0. The van der Waals surface area contributed by atoms with Gasteiger partial charge in [-0.2, -0.15) is 0 Å². The quantitative estimate of drug-likeness (QED) is 0.688. The first-order chi connectivity index (χ1) is 8.69. The summed E-state index contributed by atoms with van der Waals surface area (Å²) in [6, 6.07) is -0.0358. The zero-order valence-electron chi connectivity index (χ0n) is 11.4. The van der Waals surface area contributed by atoms with Gasteiger partial charge in [0, 0.05) is 19.5 Å². The minimum atomic E-state index is -0.176. The highest BCUT2D eigenvalue weighted by atomic mass is 16.5. The van der Waals surface area contributed by atoms with E-state index in [0.717, 1.165) is 25.9 Å². The van der Waals surface area contributed by atoms with Gasteiger partial charge in [0.1, 0.15) is 0 Å². The minimum absolute atomic E-state index is 0.0358. The summed E-state index contributed by atoms with van der Waals surface area (Å²) in [5.74, 6) is -0.00264. The molecule has 1 heterocycles.